The van der Waals surface area contributed by atoms with Gasteiger partial charge in [0.15, 0.2) is 0 Å². The van der Waals surface area contributed by atoms with Gasteiger partial charge < -0.3 is 15.7 Å². The normalized spacial score (nSPS) is 11.5. The number of aliphatic hydroxyl groups excluding tert-OH is 1. The highest BCUT2D eigenvalue weighted by Gasteiger charge is 2.18. The van der Waals surface area contributed by atoms with Crippen molar-refractivity contribution >= 4 is 34.8 Å². The first-order valence-corrected chi connectivity index (χ1v) is 7.60. The average molecular weight is 320 g/mol. The Morgan fingerprint density at radius 3 is 2.35 bits per heavy atom. The Labute approximate surface area is 130 Å². The number of hydrogen-bond acceptors (Lipinski definition) is 4. The van der Waals surface area contributed by atoms with Gasteiger partial charge in [0.05, 0.1) is 10.0 Å². The lowest BCUT2D eigenvalue weighted by atomic mass is 9.88. The van der Waals surface area contributed by atoms with Crippen LogP contribution in [0.4, 0.5) is 11.6 Å². The number of halogens is 2. The molecule has 1 aromatic rings. The van der Waals surface area contributed by atoms with Crippen LogP contribution in [0.3, 0.4) is 0 Å². The Bertz CT molecular complexity index is 439. The largest absolute Gasteiger partial charge is 0.396 e. The van der Waals surface area contributed by atoms with Crippen LogP contribution in [0.15, 0.2) is 6.07 Å². The molecule has 0 fully saturated rings. The monoisotopic (exact) mass is 319 g/mol. The van der Waals surface area contributed by atoms with Gasteiger partial charge in [-0.2, -0.15) is 0 Å². The second kappa shape index (κ2) is 7.91. The van der Waals surface area contributed by atoms with Crippen LogP contribution in [0.1, 0.15) is 33.6 Å². The van der Waals surface area contributed by atoms with Gasteiger partial charge in [-0.1, -0.05) is 37.0 Å². The second-order valence-corrected chi connectivity index (χ2v) is 6.34. The minimum absolute atomic E-state index is 0.0612. The van der Waals surface area contributed by atoms with Crippen molar-refractivity contribution < 1.29 is 5.11 Å². The molecule has 1 aromatic heterocycles. The summed E-state index contributed by atoms with van der Waals surface area (Å²) in [5, 5.41) is 16.3. The standard InChI is InChI=1S/C14H23Cl2N3O/c1-4-17-12-10(15)8-11(16)13(19-12)18-9-14(2,3)6-5-7-20/h8,20H,4-7,9H2,1-3H3,(H2,17,18,19). The van der Waals surface area contributed by atoms with Crippen molar-refractivity contribution in [3.63, 3.8) is 0 Å². The van der Waals surface area contributed by atoms with Crippen molar-refractivity contribution in [1.82, 2.24) is 4.98 Å². The van der Waals surface area contributed by atoms with Gasteiger partial charge in [0.25, 0.3) is 0 Å². The van der Waals surface area contributed by atoms with Gasteiger partial charge >= 0.3 is 0 Å². The number of pyridine rings is 1. The number of aromatic nitrogens is 1. The van der Waals surface area contributed by atoms with E-state index in [0.717, 1.165) is 25.9 Å². The summed E-state index contributed by atoms with van der Waals surface area (Å²) in [6.07, 6.45) is 1.72. The second-order valence-electron chi connectivity index (χ2n) is 5.52. The van der Waals surface area contributed by atoms with E-state index < -0.39 is 0 Å². The Hall–Kier alpha value is -0.710. The first-order valence-electron chi connectivity index (χ1n) is 6.84. The predicted molar refractivity (Wildman–Crippen MR) is 87.0 cm³/mol. The smallest absolute Gasteiger partial charge is 0.147 e. The summed E-state index contributed by atoms with van der Waals surface area (Å²) in [4.78, 5) is 4.41. The van der Waals surface area contributed by atoms with Crippen LogP contribution in [0.5, 0.6) is 0 Å². The summed E-state index contributed by atoms with van der Waals surface area (Å²) in [6.45, 7) is 7.96. The lowest BCUT2D eigenvalue weighted by molar-refractivity contribution is 0.248. The van der Waals surface area contributed by atoms with Gasteiger partial charge in [-0.25, -0.2) is 4.98 Å². The number of anilines is 2. The number of aliphatic hydroxyl groups is 1. The van der Waals surface area contributed by atoms with Gasteiger partial charge in [0, 0.05) is 19.7 Å². The van der Waals surface area contributed by atoms with E-state index in [1.807, 2.05) is 6.92 Å². The molecule has 0 radical (unpaired) electrons. The Balaban J connectivity index is 2.74. The van der Waals surface area contributed by atoms with Crippen LogP contribution >= 0.6 is 23.2 Å². The quantitative estimate of drug-likeness (QED) is 0.677. The predicted octanol–water partition coefficient (Wildman–Crippen LogP) is 4.03. The molecule has 0 saturated heterocycles. The van der Waals surface area contributed by atoms with Crippen LogP contribution < -0.4 is 10.6 Å². The fourth-order valence-corrected chi connectivity index (χ4v) is 2.34. The van der Waals surface area contributed by atoms with Crippen molar-refractivity contribution in [2.75, 3.05) is 30.3 Å². The SMILES string of the molecule is CCNc1nc(NCC(C)(C)CCCO)c(Cl)cc1Cl. The summed E-state index contributed by atoms with van der Waals surface area (Å²) in [7, 11) is 0. The molecular formula is C14H23Cl2N3O. The topological polar surface area (TPSA) is 57.2 Å². The molecule has 0 spiro atoms. The Kier molecular flexibility index (Phi) is 6.86. The molecule has 0 aliphatic carbocycles. The molecule has 114 valence electrons. The highest BCUT2D eigenvalue weighted by atomic mass is 35.5. The van der Waals surface area contributed by atoms with E-state index in [9.17, 15) is 0 Å². The molecule has 1 heterocycles. The third-order valence-electron chi connectivity index (χ3n) is 3.02. The minimum Gasteiger partial charge on any atom is -0.396 e. The van der Waals surface area contributed by atoms with Crippen LogP contribution in [-0.4, -0.2) is 29.8 Å². The molecule has 1 rings (SSSR count). The Morgan fingerprint density at radius 2 is 1.80 bits per heavy atom. The maximum atomic E-state index is 8.91. The molecule has 6 heteroatoms. The number of rotatable bonds is 8. The summed E-state index contributed by atoms with van der Waals surface area (Å²) in [5.41, 5.74) is 0.0612. The van der Waals surface area contributed by atoms with Crippen LogP contribution in [0, 0.1) is 5.41 Å². The van der Waals surface area contributed by atoms with Gasteiger partial charge in [-0.15, -0.1) is 0 Å². The minimum atomic E-state index is 0.0612. The van der Waals surface area contributed by atoms with Crippen molar-refractivity contribution in [1.29, 1.82) is 0 Å². The summed E-state index contributed by atoms with van der Waals surface area (Å²) >= 11 is 12.2. The molecular weight excluding hydrogens is 297 g/mol. The number of hydrogen-bond donors (Lipinski definition) is 3. The summed E-state index contributed by atoms with van der Waals surface area (Å²) < 4.78 is 0. The maximum Gasteiger partial charge on any atom is 0.147 e. The molecule has 0 atom stereocenters. The lowest BCUT2D eigenvalue weighted by Gasteiger charge is -2.25. The molecule has 3 N–H and O–H groups in total. The molecule has 20 heavy (non-hydrogen) atoms. The third-order valence-corrected chi connectivity index (χ3v) is 3.60. The van der Waals surface area contributed by atoms with E-state index in [4.69, 9.17) is 28.3 Å². The van der Waals surface area contributed by atoms with Crippen LogP contribution in [0.25, 0.3) is 0 Å². The first-order chi connectivity index (χ1) is 9.39. The average Bonchev–Trinajstić information content (AvgIpc) is 2.38. The van der Waals surface area contributed by atoms with E-state index in [1.54, 1.807) is 6.07 Å². The number of nitrogens with one attached hydrogen (secondary N) is 2. The van der Waals surface area contributed by atoms with Crippen LogP contribution in [0.2, 0.25) is 10.0 Å². The van der Waals surface area contributed by atoms with E-state index in [2.05, 4.69) is 29.5 Å². The highest BCUT2D eigenvalue weighted by molar-refractivity contribution is 6.37. The van der Waals surface area contributed by atoms with Gasteiger partial charge in [-0.05, 0) is 31.2 Å². The Morgan fingerprint density at radius 1 is 1.20 bits per heavy atom. The van der Waals surface area contributed by atoms with Crippen molar-refractivity contribution in [3.8, 4) is 0 Å². The fraction of sp³-hybridized carbons (Fsp3) is 0.643. The molecule has 0 amide bonds. The number of nitrogens with zero attached hydrogens (tertiary/aromatic N) is 1. The van der Waals surface area contributed by atoms with Crippen molar-refractivity contribution in [3.05, 3.63) is 16.1 Å². The lowest BCUT2D eigenvalue weighted by Crippen LogP contribution is -2.24. The van der Waals surface area contributed by atoms with E-state index in [1.165, 1.54) is 0 Å². The molecule has 0 aliphatic rings. The summed E-state index contributed by atoms with van der Waals surface area (Å²) in [6, 6.07) is 1.69. The van der Waals surface area contributed by atoms with Gasteiger partial charge in [0.2, 0.25) is 0 Å². The zero-order chi connectivity index (χ0) is 15.2. The van der Waals surface area contributed by atoms with Crippen molar-refractivity contribution in [2.45, 2.75) is 33.6 Å². The van der Waals surface area contributed by atoms with Gasteiger partial charge in [-0.3, -0.25) is 0 Å². The molecule has 0 unspecified atom stereocenters. The fourth-order valence-electron chi connectivity index (χ4n) is 1.85. The molecule has 0 aromatic carbocycles. The van der Waals surface area contributed by atoms with E-state index in [0.29, 0.717) is 21.7 Å². The first kappa shape index (κ1) is 17.3. The zero-order valence-corrected chi connectivity index (χ0v) is 13.8. The molecule has 0 saturated carbocycles. The maximum absolute atomic E-state index is 8.91. The van der Waals surface area contributed by atoms with E-state index >= 15 is 0 Å². The molecule has 0 aliphatic heterocycles. The molecule has 4 nitrogen and oxygen atoms in total. The highest BCUT2D eigenvalue weighted by Crippen LogP contribution is 2.30. The van der Waals surface area contributed by atoms with E-state index in [-0.39, 0.29) is 12.0 Å². The summed E-state index contributed by atoms with van der Waals surface area (Å²) in [5.74, 6) is 1.26. The zero-order valence-electron chi connectivity index (χ0n) is 12.3. The third kappa shape index (κ3) is 5.35. The molecule has 0 bridgehead atoms. The van der Waals surface area contributed by atoms with Crippen LogP contribution in [-0.2, 0) is 0 Å². The van der Waals surface area contributed by atoms with Crippen molar-refractivity contribution in [2.24, 2.45) is 5.41 Å². The van der Waals surface area contributed by atoms with Gasteiger partial charge in [0.1, 0.15) is 11.6 Å².